The molecule has 0 radical (unpaired) electrons. The van der Waals surface area contributed by atoms with Crippen molar-refractivity contribution >= 4 is 33.5 Å². The van der Waals surface area contributed by atoms with Crippen LogP contribution in [0.25, 0.3) is 21.6 Å². The summed E-state index contributed by atoms with van der Waals surface area (Å²) in [5.74, 6) is 1.64. The third-order valence-electron chi connectivity index (χ3n) is 6.00. The Labute approximate surface area is 179 Å². The largest absolute Gasteiger partial charge is 0.453 e. The quantitative estimate of drug-likeness (QED) is 0.677. The van der Waals surface area contributed by atoms with Crippen LogP contribution in [0.2, 0.25) is 0 Å². The Hall–Kier alpha value is -2.74. The van der Waals surface area contributed by atoms with Crippen LogP contribution in [0.5, 0.6) is 0 Å². The number of nitrogens with one attached hydrogen (secondary N) is 1. The topological polar surface area (TPSA) is 80.2 Å². The second kappa shape index (κ2) is 8.18. The summed E-state index contributed by atoms with van der Waals surface area (Å²) in [6, 6.07) is 4.18. The summed E-state index contributed by atoms with van der Waals surface area (Å²) < 4.78 is 4.86. The van der Waals surface area contributed by atoms with Crippen molar-refractivity contribution in [3.8, 4) is 11.4 Å². The van der Waals surface area contributed by atoms with Gasteiger partial charge in [0, 0.05) is 42.0 Å². The summed E-state index contributed by atoms with van der Waals surface area (Å²) in [6.45, 7) is 1.38. The number of nitrogens with zero attached hydrogens (tertiary/aromatic N) is 4. The van der Waals surface area contributed by atoms with Gasteiger partial charge < -0.3 is 15.0 Å². The first-order valence-electron chi connectivity index (χ1n) is 10.5. The predicted octanol–water partition coefficient (Wildman–Crippen LogP) is 4.27. The number of anilines is 1. The summed E-state index contributed by atoms with van der Waals surface area (Å²) in [5, 5.41) is 4.90. The number of thiophene rings is 1. The molecule has 0 saturated carbocycles. The SMILES string of the molecule is COC(=O)N1CCC(Nc2nc(-c3cccnc3)nc3sc4c(c23)CCCC4)CC1. The van der Waals surface area contributed by atoms with Crippen molar-refractivity contribution < 1.29 is 9.53 Å². The van der Waals surface area contributed by atoms with Crippen LogP contribution < -0.4 is 5.32 Å². The first kappa shape index (κ1) is 19.2. The lowest BCUT2D eigenvalue weighted by atomic mass is 9.96. The Morgan fingerprint density at radius 1 is 1.23 bits per heavy atom. The first-order valence-corrected chi connectivity index (χ1v) is 11.4. The minimum atomic E-state index is -0.247. The van der Waals surface area contributed by atoms with Crippen molar-refractivity contribution in [3.63, 3.8) is 0 Å². The molecule has 4 heterocycles. The standard InChI is InChI=1S/C22H25N5O2S/c1-29-22(28)27-11-8-15(9-12-27)24-20-18-16-6-2-3-7-17(16)30-21(18)26-19(25-20)14-5-4-10-23-13-14/h4-5,10,13,15H,2-3,6-9,11-12H2,1H3,(H,24,25,26). The number of aryl methyl sites for hydroxylation is 2. The fraction of sp³-hybridized carbons (Fsp3) is 0.455. The van der Waals surface area contributed by atoms with Gasteiger partial charge in [-0.1, -0.05) is 0 Å². The van der Waals surface area contributed by atoms with E-state index in [0.29, 0.717) is 18.9 Å². The van der Waals surface area contributed by atoms with Gasteiger partial charge in [-0.05, 0) is 56.2 Å². The summed E-state index contributed by atoms with van der Waals surface area (Å²) in [4.78, 5) is 30.2. The highest BCUT2D eigenvalue weighted by Crippen LogP contribution is 2.40. The van der Waals surface area contributed by atoms with Gasteiger partial charge in [0.1, 0.15) is 10.6 Å². The summed E-state index contributed by atoms with van der Waals surface area (Å²) in [6.07, 6.45) is 9.77. The van der Waals surface area contributed by atoms with Crippen LogP contribution in [0.4, 0.5) is 10.6 Å². The number of carbonyl (C=O) groups is 1. The lowest BCUT2D eigenvalue weighted by Gasteiger charge is -2.31. The molecule has 0 atom stereocenters. The van der Waals surface area contributed by atoms with E-state index in [1.165, 1.54) is 35.8 Å². The molecule has 1 aliphatic heterocycles. The third kappa shape index (κ3) is 3.60. The number of likely N-dealkylation sites (tertiary alicyclic amines) is 1. The highest BCUT2D eigenvalue weighted by atomic mass is 32.1. The van der Waals surface area contributed by atoms with Gasteiger partial charge in [-0.15, -0.1) is 11.3 Å². The van der Waals surface area contributed by atoms with Gasteiger partial charge in [0.25, 0.3) is 0 Å². The number of hydrogen-bond donors (Lipinski definition) is 1. The molecule has 0 bridgehead atoms. The van der Waals surface area contributed by atoms with Crippen LogP contribution >= 0.6 is 11.3 Å². The Bertz CT molecular complexity index is 1060. The summed E-state index contributed by atoms with van der Waals surface area (Å²) in [5.41, 5.74) is 2.35. The second-order valence-corrected chi connectivity index (χ2v) is 8.99. The molecule has 0 spiro atoms. The zero-order chi connectivity index (χ0) is 20.5. The lowest BCUT2D eigenvalue weighted by Crippen LogP contribution is -2.42. The van der Waals surface area contributed by atoms with Crippen LogP contribution in [0, 0.1) is 0 Å². The number of amides is 1. The third-order valence-corrected chi connectivity index (χ3v) is 7.19. The van der Waals surface area contributed by atoms with E-state index in [1.807, 2.05) is 29.7 Å². The van der Waals surface area contributed by atoms with Gasteiger partial charge in [-0.25, -0.2) is 14.8 Å². The van der Waals surface area contributed by atoms with Crippen molar-refractivity contribution in [3.05, 3.63) is 35.0 Å². The van der Waals surface area contributed by atoms with Gasteiger partial charge in [-0.2, -0.15) is 0 Å². The summed E-state index contributed by atoms with van der Waals surface area (Å²) >= 11 is 1.81. The number of hydrogen-bond acceptors (Lipinski definition) is 7. The minimum absolute atomic E-state index is 0.247. The van der Waals surface area contributed by atoms with Crippen LogP contribution in [0.3, 0.4) is 0 Å². The molecule has 156 valence electrons. The molecule has 1 saturated heterocycles. The van der Waals surface area contributed by atoms with E-state index in [9.17, 15) is 4.79 Å². The Balaban J connectivity index is 1.49. The minimum Gasteiger partial charge on any atom is -0.453 e. The molecular weight excluding hydrogens is 398 g/mol. The number of pyridine rings is 1. The maximum atomic E-state index is 11.8. The smallest absolute Gasteiger partial charge is 0.409 e. The van der Waals surface area contributed by atoms with Crippen LogP contribution in [0.15, 0.2) is 24.5 Å². The first-order chi connectivity index (χ1) is 14.7. The fourth-order valence-corrected chi connectivity index (χ4v) is 5.68. The van der Waals surface area contributed by atoms with Crippen molar-refractivity contribution in [2.75, 3.05) is 25.5 Å². The monoisotopic (exact) mass is 423 g/mol. The van der Waals surface area contributed by atoms with E-state index < -0.39 is 0 Å². The number of methoxy groups -OCH3 is 1. The molecule has 30 heavy (non-hydrogen) atoms. The van der Waals surface area contributed by atoms with Crippen molar-refractivity contribution in [2.24, 2.45) is 0 Å². The molecule has 2 aliphatic rings. The Morgan fingerprint density at radius 3 is 2.83 bits per heavy atom. The van der Waals surface area contributed by atoms with E-state index in [2.05, 4.69) is 10.3 Å². The Kier molecular flexibility index (Phi) is 5.25. The normalized spacial score (nSPS) is 17.0. The number of carbonyl (C=O) groups excluding carboxylic acids is 1. The highest BCUT2D eigenvalue weighted by molar-refractivity contribution is 7.19. The average molecular weight is 424 g/mol. The molecule has 3 aromatic rings. The Morgan fingerprint density at radius 2 is 2.07 bits per heavy atom. The molecule has 8 heteroatoms. The lowest BCUT2D eigenvalue weighted by molar-refractivity contribution is 0.113. The van der Waals surface area contributed by atoms with Gasteiger partial charge in [0.15, 0.2) is 5.82 Å². The van der Waals surface area contributed by atoms with Gasteiger partial charge >= 0.3 is 6.09 Å². The molecule has 5 rings (SSSR count). The number of piperidine rings is 1. The van der Waals surface area contributed by atoms with Gasteiger partial charge in [-0.3, -0.25) is 4.98 Å². The molecule has 3 aromatic heterocycles. The van der Waals surface area contributed by atoms with Crippen LogP contribution in [-0.2, 0) is 17.6 Å². The van der Waals surface area contributed by atoms with E-state index in [0.717, 1.165) is 41.9 Å². The average Bonchev–Trinajstić information content (AvgIpc) is 3.18. The van der Waals surface area contributed by atoms with Crippen molar-refractivity contribution in [1.29, 1.82) is 0 Å². The predicted molar refractivity (Wildman–Crippen MR) is 118 cm³/mol. The van der Waals surface area contributed by atoms with Crippen molar-refractivity contribution in [1.82, 2.24) is 19.9 Å². The van der Waals surface area contributed by atoms with Gasteiger partial charge in [0.05, 0.1) is 12.5 Å². The number of rotatable bonds is 3. The zero-order valence-electron chi connectivity index (χ0n) is 17.1. The number of ether oxygens (including phenoxy) is 1. The number of aromatic nitrogens is 3. The van der Waals surface area contributed by atoms with E-state index in [-0.39, 0.29) is 12.1 Å². The molecule has 7 nitrogen and oxygen atoms in total. The zero-order valence-corrected chi connectivity index (χ0v) is 17.9. The van der Waals surface area contributed by atoms with E-state index in [1.54, 1.807) is 11.1 Å². The maximum absolute atomic E-state index is 11.8. The van der Waals surface area contributed by atoms with Crippen LogP contribution in [-0.4, -0.2) is 52.2 Å². The molecule has 1 fully saturated rings. The number of fused-ring (bicyclic) bond motifs is 3. The fourth-order valence-electron chi connectivity index (χ4n) is 4.41. The van der Waals surface area contributed by atoms with Crippen LogP contribution in [0.1, 0.15) is 36.1 Å². The van der Waals surface area contributed by atoms with E-state index >= 15 is 0 Å². The second-order valence-electron chi connectivity index (χ2n) is 7.90. The van der Waals surface area contributed by atoms with Gasteiger partial charge in [0.2, 0.25) is 0 Å². The van der Waals surface area contributed by atoms with E-state index in [4.69, 9.17) is 14.7 Å². The molecule has 1 amide bonds. The molecule has 0 unspecified atom stereocenters. The molecule has 1 N–H and O–H groups in total. The molecule has 0 aromatic carbocycles. The maximum Gasteiger partial charge on any atom is 0.409 e. The highest BCUT2D eigenvalue weighted by Gasteiger charge is 2.26. The molecular formula is C22H25N5O2S. The molecule has 1 aliphatic carbocycles. The van der Waals surface area contributed by atoms with Crippen molar-refractivity contribution in [2.45, 2.75) is 44.6 Å². The summed E-state index contributed by atoms with van der Waals surface area (Å²) in [7, 11) is 1.43.